The van der Waals surface area contributed by atoms with Gasteiger partial charge in [0.1, 0.15) is 6.10 Å². The van der Waals surface area contributed by atoms with Crippen LogP contribution in [-0.2, 0) is 14.3 Å². The zero-order chi connectivity index (χ0) is 40.5. The summed E-state index contributed by atoms with van der Waals surface area (Å²) in [4.78, 5) is 12.3. The molecule has 1 unspecified atom stereocenters. The highest BCUT2D eigenvalue weighted by molar-refractivity contribution is 5.69. The second-order valence-corrected chi connectivity index (χ2v) is 16.2. The van der Waals surface area contributed by atoms with E-state index in [0.29, 0.717) is 13.0 Å². The lowest BCUT2D eigenvalue weighted by molar-refractivity contribution is -0.154. The van der Waals surface area contributed by atoms with E-state index in [1.165, 1.54) is 154 Å². The smallest absolute Gasteiger partial charge is 0.306 e. The first-order valence-corrected chi connectivity index (χ1v) is 24.4. The van der Waals surface area contributed by atoms with Gasteiger partial charge in [-0.25, -0.2) is 0 Å². The summed E-state index contributed by atoms with van der Waals surface area (Å²) in [6.07, 6.45) is 65.9. The molecule has 1 atom stereocenters. The number of hydrogen-bond acceptors (Lipinski definition) is 4. The minimum absolute atomic E-state index is 0.182. The molecule has 0 aromatic carbocycles. The quantitative estimate of drug-likeness (QED) is 0.0380. The molecule has 0 rings (SSSR count). The molecule has 4 nitrogen and oxygen atoms in total. The Hall–Kier alpha value is -1.91. The zero-order valence-electron chi connectivity index (χ0n) is 37.4. The van der Waals surface area contributed by atoms with Gasteiger partial charge in [0, 0.05) is 13.0 Å². The van der Waals surface area contributed by atoms with Crippen molar-refractivity contribution in [3.63, 3.8) is 0 Å². The largest absolute Gasteiger partial charge is 0.457 e. The van der Waals surface area contributed by atoms with Gasteiger partial charge in [-0.2, -0.15) is 0 Å². The van der Waals surface area contributed by atoms with Crippen LogP contribution in [0.3, 0.4) is 0 Å². The fourth-order valence-corrected chi connectivity index (χ4v) is 7.00. The second kappa shape index (κ2) is 49.2. The standard InChI is InChI=1S/C52H94O4/c1-3-5-7-9-11-13-15-17-19-21-23-25-26-27-28-29-31-33-35-37-39-41-43-45-47-52(54)56-51(49-53)50-55-48-46-44-42-40-38-36-34-32-30-24-22-20-18-16-14-12-10-8-6-4-2/h6,8,12,14,18,20,24,30,34,36,51,53H,3-5,7,9-11,13,15-17,19,21-23,25-29,31-33,35,37-50H2,1-2H3/b8-6-,14-12-,20-18-,30-24-,36-34-. The van der Waals surface area contributed by atoms with Gasteiger partial charge in [-0.05, 0) is 57.8 Å². The molecule has 326 valence electrons. The van der Waals surface area contributed by atoms with Crippen LogP contribution in [0.2, 0.25) is 0 Å². The molecule has 0 spiro atoms. The van der Waals surface area contributed by atoms with Gasteiger partial charge in [0.2, 0.25) is 0 Å². The lowest BCUT2D eigenvalue weighted by Crippen LogP contribution is -2.27. The highest BCUT2D eigenvalue weighted by atomic mass is 16.6. The maximum absolute atomic E-state index is 12.3. The van der Waals surface area contributed by atoms with E-state index in [0.717, 1.165) is 64.2 Å². The molecule has 0 aliphatic heterocycles. The zero-order valence-corrected chi connectivity index (χ0v) is 37.4. The van der Waals surface area contributed by atoms with E-state index in [1.807, 2.05) is 0 Å². The lowest BCUT2D eigenvalue weighted by Gasteiger charge is -2.15. The Morgan fingerprint density at radius 2 is 0.804 bits per heavy atom. The Kier molecular flexibility index (Phi) is 47.6. The molecule has 0 bridgehead atoms. The normalized spacial score (nSPS) is 12.8. The molecule has 0 saturated heterocycles. The molecule has 0 aliphatic rings. The van der Waals surface area contributed by atoms with Gasteiger partial charge >= 0.3 is 5.97 Å². The van der Waals surface area contributed by atoms with Crippen LogP contribution in [0.25, 0.3) is 0 Å². The first-order chi connectivity index (χ1) is 27.7. The minimum Gasteiger partial charge on any atom is -0.457 e. The van der Waals surface area contributed by atoms with Crippen molar-refractivity contribution in [3.05, 3.63) is 60.8 Å². The lowest BCUT2D eigenvalue weighted by atomic mass is 10.0. The molecular weight excluding hydrogens is 689 g/mol. The van der Waals surface area contributed by atoms with Crippen molar-refractivity contribution >= 4 is 5.97 Å². The van der Waals surface area contributed by atoms with Crippen molar-refractivity contribution in [1.29, 1.82) is 0 Å². The monoisotopic (exact) mass is 783 g/mol. The molecule has 0 heterocycles. The molecule has 0 aromatic rings. The highest BCUT2D eigenvalue weighted by Gasteiger charge is 2.13. The van der Waals surface area contributed by atoms with Gasteiger partial charge < -0.3 is 14.6 Å². The van der Waals surface area contributed by atoms with Gasteiger partial charge in [-0.15, -0.1) is 0 Å². The van der Waals surface area contributed by atoms with Gasteiger partial charge in [-0.1, -0.05) is 235 Å². The van der Waals surface area contributed by atoms with E-state index < -0.39 is 6.10 Å². The number of unbranched alkanes of at least 4 members (excludes halogenated alkanes) is 27. The first-order valence-electron chi connectivity index (χ1n) is 24.4. The Bertz CT molecular complexity index is 916. The van der Waals surface area contributed by atoms with Gasteiger partial charge in [0.25, 0.3) is 0 Å². The number of rotatable bonds is 45. The summed E-state index contributed by atoms with van der Waals surface area (Å²) in [6.45, 7) is 5.20. The highest BCUT2D eigenvalue weighted by Crippen LogP contribution is 2.16. The molecule has 0 fully saturated rings. The number of aliphatic hydroxyl groups is 1. The summed E-state index contributed by atoms with van der Waals surface area (Å²) < 4.78 is 11.2. The summed E-state index contributed by atoms with van der Waals surface area (Å²) in [5, 5.41) is 9.63. The van der Waals surface area contributed by atoms with Crippen molar-refractivity contribution in [2.75, 3.05) is 19.8 Å². The first kappa shape index (κ1) is 54.1. The van der Waals surface area contributed by atoms with Crippen molar-refractivity contribution in [2.24, 2.45) is 0 Å². The summed E-state index contributed by atoms with van der Waals surface area (Å²) in [7, 11) is 0. The Labute approximate surface area is 349 Å². The molecule has 0 aliphatic carbocycles. The van der Waals surface area contributed by atoms with E-state index in [9.17, 15) is 9.90 Å². The van der Waals surface area contributed by atoms with Crippen molar-refractivity contribution in [1.82, 2.24) is 0 Å². The summed E-state index contributed by atoms with van der Waals surface area (Å²) >= 11 is 0. The molecule has 0 amide bonds. The van der Waals surface area contributed by atoms with Crippen LogP contribution in [0.4, 0.5) is 0 Å². The van der Waals surface area contributed by atoms with E-state index in [-0.39, 0.29) is 19.2 Å². The molecule has 4 heteroatoms. The van der Waals surface area contributed by atoms with E-state index in [2.05, 4.69) is 74.6 Å². The number of ether oxygens (including phenoxy) is 2. The van der Waals surface area contributed by atoms with Crippen LogP contribution >= 0.6 is 0 Å². The van der Waals surface area contributed by atoms with Crippen LogP contribution in [0.15, 0.2) is 60.8 Å². The minimum atomic E-state index is -0.549. The van der Waals surface area contributed by atoms with Crippen LogP contribution in [0, 0.1) is 0 Å². The van der Waals surface area contributed by atoms with Crippen LogP contribution in [-0.4, -0.2) is 37.0 Å². The van der Waals surface area contributed by atoms with Crippen LogP contribution in [0.5, 0.6) is 0 Å². The van der Waals surface area contributed by atoms with Gasteiger partial charge in [0.05, 0.1) is 13.2 Å². The third-order valence-corrected chi connectivity index (χ3v) is 10.6. The van der Waals surface area contributed by atoms with E-state index >= 15 is 0 Å². The van der Waals surface area contributed by atoms with Gasteiger partial charge in [0.15, 0.2) is 0 Å². The topological polar surface area (TPSA) is 55.8 Å². The SMILES string of the molecule is CC/C=C\C/C=C\C/C=C\C/C=C\C/C=C\CCCCCCOCC(CO)OC(=O)CCCCCCCCCCCCCCCCCCCCCCCCCC. The van der Waals surface area contributed by atoms with Crippen LogP contribution < -0.4 is 0 Å². The van der Waals surface area contributed by atoms with Crippen molar-refractivity contribution in [2.45, 2.75) is 245 Å². The van der Waals surface area contributed by atoms with E-state index in [4.69, 9.17) is 9.47 Å². The predicted molar refractivity (Wildman–Crippen MR) is 246 cm³/mol. The number of carbonyl (C=O) groups is 1. The average Bonchev–Trinajstić information content (AvgIpc) is 3.20. The molecule has 1 N–H and O–H groups in total. The molecule has 0 saturated carbocycles. The number of hydrogen-bond donors (Lipinski definition) is 1. The maximum Gasteiger partial charge on any atom is 0.306 e. The molecule has 0 radical (unpaired) electrons. The fourth-order valence-electron chi connectivity index (χ4n) is 7.00. The molecule has 0 aromatic heterocycles. The predicted octanol–water partition coefficient (Wildman–Crippen LogP) is 16.4. The summed E-state index contributed by atoms with van der Waals surface area (Å²) in [5.74, 6) is -0.207. The number of carbonyl (C=O) groups excluding carboxylic acids is 1. The second-order valence-electron chi connectivity index (χ2n) is 16.2. The Morgan fingerprint density at radius 3 is 1.21 bits per heavy atom. The number of esters is 1. The molecular formula is C52H94O4. The van der Waals surface area contributed by atoms with Crippen molar-refractivity contribution in [3.8, 4) is 0 Å². The summed E-state index contributed by atoms with van der Waals surface area (Å²) in [5.41, 5.74) is 0. The average molecular weight is 783 g/mol. The fraction of sp³-hybridized carbons (Fsp3) is 0.788. The van der Waals surface area contributed by atoms with E-state index in [1.54, 1.807) is 0 Å². The third-order valence-electron chi connectivity index (χ3n) is 10.6. The maximum atomic E-state index is 12.3. The number of aliphatic hydroxyl groups excluding tert-OH is 1. The Morgan fingerprint density at radius 1 is 0.446 bits per heavy atom. The Balaban J connectivity index is 3.44. The third kappa shape index (κ3) is 46.5. The van der Waals surface area contributed by atoms with Crippen LogP contribution in [0.1, 0.15) is 239 Å². The number of allylic oxidation sites excluding steroid dienone is 10. The van der Waals surface area contributed by atoms with Gasteiger partial charge in [-0.3, -0.25) is 4.79 Å². The molecule has 56 heavy (non-hydrogen) atoms. The summed E-state index contributed by atoms with van der Waals surface area (Å²) in [6, 6.07) is 0. The van der Waals surface area contributed by atoms with Crippen molar-refractivity contribution < 1.29 is 19.4 Å².